The van der Waals surface area contributed by atoms with Gasteiger partial charge in [0.1, 0.15) is 5.76 Å². The number of carbonyl (C=O) groups is 2. The third-order valence-electron chi connectivity index (χ3n) is 3.20. The van der Waals surface area contributed by atoms with Gasteiger partial charge >= 0.3 is 12.1 Å². The lowest BCUT2D eigenvalue weighted by Gasteiger charge is -2.08. The van der Waals surface area contributed by atoms with Crippen molar-refractivity contribution in [2.24, 2.45) is 0 Å². The maximum Gasteiger partial charge on any atom is 0.416 e. The van der Waals surface area contributed by atoms with E-state index in [2.05, 4.69) is 0 Å². The van der Waals surface area contributed by atoms with Crippen molar-refractivity contribution in [3.8, 4) is 11.1 Å². The van der Waals surface area contributed by atoms with E-state index in [1.54, 1.807) is 0 Å². The predicted molar refractivity (Wildman–Crippen MR) is 80.1 cm³/mol. The summed E-state index contributed by atoms with van der Waals surface area (Å²) >= 11 is 0. The van der Waals surface area contributed by atoms with Crippen LogP contribution in [0.4, 0.5) is 13.2 Å². The Morgan fingerprint density at radius 2 is 1.29 bits per heavy atom. The second-order valence-electron chi connectivity index (χ2n) is 4.85. The van der Waals surface area contributed by atoms with E-state index in [-0.39, 0.29) is 5.56 Å². The topological polar surface area (TPSA) is 74.6 Å². The zero-order valence-corrected chi connectivity index (χ0v) is 12.0. The smallest absolute Gasteiger partial charge is 0.416 e. The van der Waals surface area contributed by atoms with Crippen molar-refractivity contribution < 1.29 is 33.0 Å². The van der Waals surface area contributed by atoms with Crippen LogP contribution in [0.5, 0.6) is 0 Å². The zero-order chi connectivity index (χ0) is 17.9. The number of hydrogen-bond donors (Lipinski definition) is 2. The largest absolute Gasteiger partial charge is 0.507 e. The lowest BCUT2D eigenvalue weighted by atomic mass is 10.0. The Labute approximate surface area is 134 Å². The molecule has 0 amide bonds. The first-order valence-corrected chi connectivity index (χ1v) is 6.64. The molecule has 2 aromatic rings. The van der Waals surface area contributed by atoms with Crippen LogP contribution in [0.15, 0.2) is 54.6 Å². The van der Waals surface area contributed by atoms with E-state index in [9.17, 15) is 27.9 Å². The van der Waals surface area contributed by atoms with Gasteiger partial charge in [0.25, 0.3) is 5.78 Å². The van der Waals surface area contributed by atoms with Gasteiger partial charge in [-0.15, -0.1) is 0 Å². The number of hydrogen-bond acceptors (Lipinski definition) is 3. The van der Waals surface area contributed by atoms with Crippen LogP contribution < -0.4 is 0 Å². The third-order valence-corrected chi connectivity index (χ3v) is 3.20. The number of carbonyl (C=O) groups excluding carboxylic acids is 1. The van der Waals surface area contributed by atoms with Crippen LogP contribution in [-0.4, -0.2) is 22.0 Å². The fourth-order valence-corrected chi connectivity index (χ4v) is 1.95. The highest BCUT2D eigenvalue weighted by molar-refractivity contribution is 6.38. The molecule has 0 atom stereocenters. The number of aliphatic hydroxyl groups is 1. The predicted octanol–water partition coefficient (Wildman–Crippen LogP) is 3.93. The molecule has 0 heterocycles. The number of aliphatic hydroxyl groups excluding tert-OH is 1. The Morgan fingerprint density at radius 1 is 0.833 bits per heavy atom. The summed E-state index contributed by atoms with van der Waals surface area (Å²) in [5.74, 6) is -3.47. The summed E-state index contributed by atoms with van der Waals surface area (Å²) in [5, 5.41) is 18.1. The first-order valence-electron chi connectivity index (χ1n) is 6.64. The molecule has 0 spiro atoms. The average Bonchev–Trinajstić information content (AvgIpc) is 2.54. The highest BCUT2D eigenvalue weighted by atomic mass is 19.4. The molecule has 0 bridgehead atoms. The van der Waals surface area contributed by atoms with E-state index in [4.69, 9.17) is 5.11 Å². The molecular formula is C17H11F3O4. The monoisotopic (exact) mass is 336 g/mol. The van der Waals surface area contributed by atoms with Gasteiger partial charge in [-0.1, -0.05) is 36.4 Å². The molecule has 0 fully saturated rings. The van der Waals surface area contributed by atoms with Crippen LogP contribution in [0.25, 0.3) is 16.9 Å². The highest BCUT2D eigenvalue weighted by Crippen LogP contribution is 2.31. The lowest BCUT2D eigenvalue weighted by molar-refractivity contribution is -0.146. The Morgan fingerprint density at radius 3 is 1.71 bits per heavy atom. The summed E-state index contributed by atoms with van der Waals surface area (Å²) in [6.45, 7) is 0. The molecule has 24 heavy (non-hydrogen) atoms. The standard InChI is InChI=1S/C17H11F3O4/c18-17(19,20)13-7-5-11(6-8-13)10-1-3-12(4-2-10)14(21)9-15(22)16(23)24/h1-9,21H,(H,23,24). The van der Waals surface area contributed by atoms with Crippen molar-refractivity contribution in [1.82, 2.24) is 0 Å². The fraction of sp³-hybridized carbons (Fsp3) is 0.0588. The number of carboxylic acids is 1. The van der Waals surface area contributed by atoms with Crippen LogP contribution in [0, 0.1) is 0 Å². The van der Waals surface area contributed by atoms with Gasteiger partial charge in [0, 0.05) is 11.6 Å². The van der Waals surface area contributed by atoms with Crippen molar-refractivity contribution in [2.45, 2.75) is 6.18 Å². The number of benzene rings is 2. The van der Waals surface area contributed by atoms with E-state index >= 15 is 0 Å². The van der Waals surface area contributed by atoms with Gasteiger partial charge in [0.2, 0.25) is 0 Å². The molecule has 7 heteroatoms. The molecule has 0 aliphatic rings. The minimum absolute atomic E-state index is 0.209. The molecule has 0 saturated carbocycles. The van der Waals surface area contributed by atoms with E-state index in [0.29, 0.717) is 17.2 Å². The van der Waals surface area contributed by atoms with Crippen molar-refractivity contribution in [1.29, 1.82) is 0 Å². The van der Waals surface area contributed by atoms with Gasteiger partial charge in [-0.3, -0.25) is 4.79 Å². The van der Waals surface area contributed by atoms with Crippen LogP contribution in [0.1, 0.15) is 11.1 Å². The van der Waals surface area contributed by atoms with Gasteiger partial charge in [0.05, 0.1) is 5.56 Å². The van der Waals surface area contributed by atoms with Crippen molar-refractivity contribution in [3.63, 3.8) is 0 Å². The lowest BCUT2D eigenvalue weighted by Crippen LogP contribution is -2.09. The quantitative estimate of drug-likeness (QED) is 0.504. The minimum atomic E-state index is -4.41. The zero-order valence-electron chi connectivity index (χ0n) is 12.0. The molecule has 4 nitrogen and oxygen atoms in total. The molecule has 0 radical (unpaired) electrons. The number of carboxylic acid groups (broad SMARTS) is 1. The summed E-state index contributed by atoms with van der Waals surface area (Å²) in [7, 11) is 0. The van der Waals surface area contributed by atoms with Crippen molar-refractivity contribution in [3.05, 3.63) is 65.7 Å². The van der Waals surface area contributed by atoms with Crippen LogP contribution in [-0.2, 0) is 15.8 Å². The number of halogens is 3. The van der Waals surface area contributed by atoms with Crippen LogP contribution in [0.3, 0.4) is 0 Å². The number of aliphatic carboxylic acids is 1. The highest BCUT2D eigenvalue weighted by Gasteiger charge is 2.29. The normalized spacial score (nSPS) is 12.0. The summed E-state index contributed by atoms with van der Waals surface area (Å²) in [4.78, 5) is 21.4. The molecule has 0 aromatic heterocycles. The van der Waals surface area contributed by atoms with Gasteiger partial charge in [0.15, 0.2) is 0 Å². The maximum atomic E-state index is 12.5. The van der Waals surface area contributed by atoms with E-state index in [0.717, 1.165) is 12.1 Å². The molecular weight excluding hydrogens is 325 g/mol. The third kappa shape index (κ3) is 4.01. The molecule has 0 unspecified atom stereocenters. The van der Waals surface area contributed by atoms with Gasteiger partial charge in [-0.2, -0.15) is 13.2 Å². The summed E-state index contributed by atoms with van der Waals surface area (Å²) in [6, 6.07) is 10.5. The molecule has 2 rings (SSSR count). The molecule has 2 N–H and O–H groups in total. The van der Waals surface area contributed by atoms with E-state index in [1.807, 2.05) is 0 Å². The fourth-order valence-electron chi connectivity index (χ4n) is 1.95. The number of ketones is 1. The second-order valence-corrected chi connectivity index (χ2v) is 4.85. The van der Waals surface area contributed by atoms with Gasteiger partial charge < -0.3 is 10.2 Å². The summed E-state index contributed by atoms with van der Waals surface area (Å²) < 4.78 is 37.6. The number of rotatable bonds is 4. The van der Waals surface area contributed by atoms with Gasteiger partial charge in [-0.05, 0) is 23.3 Å². The SMILES string of the molecule is O=C(O)C(=O)C=C(O)c1ccc(-c2ccc(C(F)(F)F)cc2)cc1. The Bertz CT molecular complexity index is 788. The molecule has 0 aliphatic carbocycles. The van der Waals surface area contributed by atoms with Crippen LogP contribution >= 0.6 is 0 Å². The second kappa shape index (κ2) is 6.57. The summed E-state index contributed by atoms with van der Waals surface area (Å²) in [5.41, 5.74) is 0.598. The average molecular weight is 336 g/mol. The van der Waals surface area contributed by atoms with Crippen molar-refractivity contribution in [2.75, 3.05) is 0 Å². The summed E-state index contributed by atoms with van der Waals surface area (Å²) in [6.07, 6.45) is -3.83. The maximum absolute atomic E-state index is 12.5. The first kappa shape index (κ1) is 17.3. The molecule has 2 aromatic carbocycles. The molecule has 0 saturated heterocycles. The van der Waals surface area contributed by atoms with E-state index in [1.165, 1.54) is 36.4 Å². The molecule has 124 valence electrons. The van der Waals surface area contributed by atoms with Crippen molar-refractivity contribution >= 4 is 17.5 Å². The minimum Gasteiger partial charge on any atom is -0.507 e. The Hall–Kier alpha value is -3.09. The van der Waals surface area contributed by atoms with E-state index < -0.39 is 29.3 Å². The Balaban J connectivity index is 2.23. The van der Waals surface area contributed by atoms with Crippen LogP contribution in [0.2, 0.25) is 0 Å². The first-order chi connectivity index (χ1) is 11.2. The number of alkyl halides is 3. The van der Waals surface area contributed by atoms with Gasteiger partial charge in [-0.25, -0.2) is 4.79 Å². The Kier molecular flexibility index (Phi) is 4.73. The molecule has 0 aliphatic heterocycles.